The van der Waals surface area contributed by atoms with Gasteiger partial charge in [-0.25, -0.2) is 0 Å². The first-order chi connectivity index (χ1) is 7.43. The Morgan fingerprint density at radius 2 is 1.31 bits per heavy atom. The summed E-state index contributed by atoms with van der Waals surface area (Å²) in [4.78, 5) is -0.196. The fraction of sp³-hybridized carbons (Fsp3) is 0.333. The zero-order chi connectivity index (χ0) is 12.3. The molecule has 1 aromatic carbocycles. The van der Waals surface area contributed by atoms with E-state index in [0.717, 1.165) is 0 Å². The molecule has 1 aromatic rings. The molecular formula is C9H14O6S. The molecule has 0 aliphatic heterocycles. The van der Waals surface area contributed by atoms with Crippen LogP contribution >= 0.6 is 10.9 Å². The van der Waals surface area contributed by atoms with E-state index in [-0.39, 0.29) is 16.4 Å². The number of rotatable bonds is 4. The van der Waals surface area contributed by atoms with Crippen molar-refractivity contribution in [2.24, 2.45) is 0 Å². The molecule has 0 fully saturated rings. The predicted molar refractivity (Wildman–Crippen MR) is 59.8 cm³/mol. The zero-order valence-corrected chi connectivity index (χ0v) is 9.95. The highest BCUT2D eigenvalue weighted by Gasteiger charge is 2.27. The fourth-order valence-corrected chi connectivity index (χ4v) is 2.07. The average molecular weight is 250 g/mol. The highest BCUT2D eigenvalue weighted by molar-refractivity contribution is 8.19. The monoisotopic (exact) mass is 250 g/mol. The predicted octanol–water partition coefficient (Wildman–Crippen LogP) is 2.29. The van der Waals surface area contributed by atoms with Crippen LogP contribution in [0, 0.1) is 0 Å². The summed E-state index contributed by atoms with van der Waals surface area (Å²) in [6.45, 7) is 0. The minimum Gasteiger partial charge on any atom is -0.496 e. The van der Waals surface area contributed by atoms with Gasteiger partial charge in [0.05, 0.1) is 21.3 Å². The van der Waals surface area contributed by atoms with Crippen LogP contribution in [-0.4, -0.2) is 35.0 Å². The zero-order valence-electron chi connectivity index (χ0n) is 9.13. The molecule has 0 atom stereocenters. The van der Waals surface area contributed by atoms with Crippen LogP contribution in [0.15, 0.2) is 17.0 Å². The molecule has 0 saturated carbocycles. The van der Waals surface area contributed by atoms with E-state index in [0.29, 0.717) is 5.75 Å². The first kappa shape index (κ1) is 12.9. The molecule has 92 valence electrons. The summed E-state index contributed by atoms with van der Waals surface area (Å²) >= 11 is 0. The van der Waals surface area contributed by atoms with Gasteiger partial charge < -0.3 is 27.9 Å². The van der Waals surface area contributed by atoms with Crippen molar-refractivity contribution >= 4 is 10.9 Å². The largest absolute Gasteiger partial charge is 0.496 e. The van der Waals surface area contributed by atoms with Gasteiger partial charge in [-0.2, -0.15) is 0 Å². The number of hydrogen-bond acceptors (Lipinski definition) is 6. The first-order valence-corrected chi connectivity index (χ1v) is 5.75. The van der Waals surface area contributed by atoms with Gasteiger partial charge in [0.15, 0.2) is 0 Å². The van der Waals surface area contributed by atoms with Crippen molar-refractivity contribution in [3.8, 4) is 17.2 Å². The number of benzene rings is 1. The molecule has 1 rings (SSSR count). The van der Waals surface area contributed by atoms with Gasteiger partial charge in [0.1, 0.15) is 33.0 Å². The molecule has 0 aliphatic carbocycles. The van der Waals surface area contributed by atoms with E-state index in [4.69, 9.17) is 14.2 Å². The normalized spacial score (nSPS) is 12.1. The van der Waals surface area contributed by atoms with Crippen molar-refractivity contribution in [1.29, 1.82) is 0 Å². The van der Waals surface area contributed by atoms with E-state index in [1.165, 1.54) is 33.5 Å². The summed E-state index contributed by atoms with van der Waals surface area (Å²) in [5, 5.41) is 0. The molecule has 0 unspecified atom stereocenters. The molecule has 16 heavy (non-hydrogen) atoms. The maximum atomic E-state index is 9.27. The molecular weight excluding hydrogens is 236 g/mol. The summed E-state index contributed by atoms with van der Waals surface area (Å²) in [6.07, 6.45) is 0. The van der Waals surface area contributed by atoms with Crippen LogP contribution in [0.3, 0.4) is 0 Å². The van der Waals surface area contributed by atoms with Crippen molar-refractivity contribution in [2.75, 3.05) is 21.3 Å². The van der Waals surface area contributed by atoms with Gasteiger partial charge in [0, 0.05) is 12.1 Å². The summed E-state index contributed by atoms with van der Waals surface area (Å²) in [5.74, 6) is 0.582. The lowest BCUT2D eigenvalue weighted by molar-refractivity contribution is 0.333. The highest BCUT2D eigenvalue weighted by atomic mass is 32.3. The topological polar surface area (TPSA) is 88.4 Å². The van der Waals surface area contributed by atoms with Crippen LogP contribution in [0.1, 0.15) is 0 Å². The lowest BCUT2D eigenvalue weighted by atomic mass is 10.3. The van der Waals surface area contributed by atoms with Crippen LogP contribution in [0.25, 0.3) is 0 Å². The average Bonchev–Trinajstić information content (AvgIpc) is 2.25. The van der Waals surface area contributed by atoms with E-state index in [1.54, 1.807) is 0 Å². The minimum absolute atomic E-state index is 0.0821. The van der Waals surface area contributed by atoms with E-state index in [2.05, 4.69) is 0 Å². The van der Waals surface area contributed by atoms with Gasteiger partial charge >= 0.3 is 0 Å². The Kier molecular flexibility index (Phi) is 3.87. The van der Waals surface area contributed by atoms with Gasteiger partial charge in [-0.15, -0.1) is 0 Å². The smallest absolute Gasteiger partial charge is 0.147 e. The standard InChI is InChI=1S/C9H14O6S/c1-13-6-4-7(14-2)9(16(10,11)12)8(5-6)15-3/h4-5,10-12H,1-3H3. The molecule has 0 amide bonds. The Bertz CT molecular complexity index is 348. The molecule has 6 nitrogen and oxygen atoms in total. The lowest BCUT2D eigenvalue weighted by Crippen LogP contribution is -2.03. The molecule has 0 aliphatic rings. The maximum Gasteiger partial charge on any atom is 0.147 e. The fourth-order valence-electron chi connectivity index (χ4n) is 1.24. The summed E-state index contributed by atoms with van der Waals surface area (Å²) in [6, 6.07) is 2.84. The quantitative estimate of drug-likeness (QED) is 0.759. The van der Waals surface area contributed by atoms with Crippen molar-refractivity contribution in [3.63, 3.8) is 0 Å². The van der Waals surface area contributed by atoms with Gasteiger partial charge in [-0.3, -0.25) is 0 Å². The first-order valence-electron chi connectivity index (χ1n) is 4.24. The Hall–Kier alpha value is -1.15. The highest BCUT2D eigenvalue weighted by Crippen LogP contribution is 2.54. The summed E-state index contributed by atoms with van der Waals surface area (Å²) < 4.78 is 42.7. The van der Waals surface area contributed by atoms with Crippen molar-refractivity contribution in [2.45, 2.75) is 4.90 Å². The molecule has 0 saturated heterocycles. The van der Waals surface area contributed by atoms with Crippen LogP contribution < -0.4 is 14.2 Å². The molecule has 3 N–H and O–H groups in total. The number of methoxy groups -OCH3 is 3. The van der Waals surface area contributed by atoms with Crippen molar-refractivity contribution in [1.82, 2.24) is 0 Å². The minimum atomic E-state index is -3.92. The third-order valence-corrected chi connectivity index (χ3v) is 2.89. The van der Waals surface area contributed by atoms with Crippen molar-refractivity contribution in [3.05, 3.63) is 12.1 Å². The van der Waals surface area contributed by atoms with Crippen LogP contribution in [0.2, 0.25) is 0 Å². The van der Waals surface area contributed by atoms with E-state index in [1.807, 2.05) is 0 Å². The maximum absolute atomic E-state index is 9.27. The Labute approximate surface area is 94.9 Å². The van der Waals surface area contributed by atoms with E-state index in [9.17, 15) is 13.7 Å². The van der Waals surface area contributed by atoms with Gasteiger partial charge in [-0.1, -0.05) is 0 Å². The van der Waals surface area contributed by atoms with Crippen LogP contribution in [0.4, 0.5) is 0 Å². The van der Waals surface area contributed by atoms with Gasteiger partial charge in [0.2, 0.25) is 0 Å². The van der Waals surface area contributed by atoms with Gasteiger partial charge in [0.25, 0.3) is 0 Å². The van der Waals surface area contributed by atoms with E-state index < -0.39 is 10.9 Å². The van der Waals surface area contributed by atoms with Gasteiger partial charge in [-0.05, 0) is 0 Å². The molecule has 0 spiro atoms. The molecule has 0 aromatic heterocycles. The Morgan fingerprint density at radius 3 is 1.56 bits per heavy atom. The van der Waals surface area contributed by atoms with Crippen LogP contribution in [0.5, 0.6) is 17.2 Å². The molecule has 0 bridgehead atoms. The third kappa shape index (κ3) is 2.50. The molecule has 7 heteroatoms. The number of ether oxygens (including phenoxy) is 3. The SMILES string of the molecule is COc1cc(OC)c(S(O)(O)O)c(OC)c1. The Morgan fingerprint density at radius 1 is 0.875 bits per heavy atom. The Balaban J connectivity index is 3.44. The van der Waals surface area contributed by atoms with E-state index >= 15 is 0 Å². The molecule has 0 heterocycles. The van der Waals surface area contributed by atoms with Crippen LogP contribution in [-0.2, 0) is 0 Å². The summed E-state index contributed by atoms with van der Waals surface area (Å²) in [7, 11) is 0.203. The van der Waals surface area contributed by atoms with Crippen molar-refractivity contribution < 1.29 is 27.9 Å². The second-order valence-electron chi connectivity index (χ2n) is 2.88. The second kappa shape index (κ2) is 4.79. The lowest BCUT2D eigenvalue weighted by Gasteiger charge is -2.24. The summed E-state index contributed by atoms with van der Waals surface area (Å²) in [5.41, 5.74) is 0. The second-order valence-corrected chi connectivity index (χ2v) is 4.33. The third-order valence-electron chi connectivity index (χ3n) is 1.94. The molecule has 0 radical (unpaired) electrons. The number of hydrogen-bond donors (Lipinski definition) is 3.